The van der Waals surface area contributed by atoms with Crippen LogP contribution in [0.3, 0.4) is 0 Å². The minimum atomic E-state index is -4.35. The molecule has 2 heterocycles. The molecule has 0 N–H and O–H groups in total. The summed E-state index contributed by atoms with van der Waals surface area (Å²) in [7, 11) is 3.58. The Morgan fingerprint density at radius 1 is 1.35 bits per heavy atom. The van der Waals surface area contributed by atoms with E-state index < -0.39 is 11.9 Å². The summed E-state index contributed by atoms with van der Waals surface area (Å²) in [5.41, 5.74) is -0.105. The maximum atomic E-state index is 12.5. The van der Waals surface area contributed by atoms with E-state index in [1.807, 2.05) is 7.05 Å². The molecule has 0 saturated carbocycles. The number of hydrogen-bond acceptors (Lipinski definition) is 2. The largest absolute Gasteiger partial charge is 0.435 e. The second-order valence-corrected chi connectivity index (χ2v) is 4.68. The van der Waals surface area contributed by atoms with E-state index in [2.05, 4.69) is 10.00 Å². The van der Waals surface area contributed by atoms with Gasteiger partial charge < -0.3 is 4.90 Å². The lowest BCUT2D eigenvalue weighted by atomic mass is 9.95. The summed E-state index contributed by atoms with van der Waals surface area (Å²) < 4.78 is 39.0. The Labute approximate surface area is 98.2 Å². The van der Waals surface area contributed by atoms with E-state index in [4.69, 9.17) is 0 Å². The number of likely N-dealkylation sites (tertiary alicyclic amines) is 1. The molecule has 1 unspecified atom stereocenters. The van der Waals surface area contributed by atoms with Gasteiger partial charge in [-0.2, -0.15) is 18.3 Å². The minimum Gasteiger partial charge on any atom is -0.306 e. The van der Waals surface area contributed by atoms with Gasteiger partial charge in [0.1, 0.15) is 0 Å². The second kappa shape index (κ2) is 4.33. The van der Waals surface area contributed by atoms with Crippen molar-refractivity contribution in [2.24, 2.45) is 7.05 Å². The van der Waals surface area contributed by atoms with Crippen LogP contribution >= 0.6 is 0 Å². The summed E-state index contributed by atoms with van der Waals surface area (Å²) in [5.74, 6) is 0.155. The summed E-state index contributed by atoms with van der Waals surface area (Å²) >= 11 is 0. The molecule has 17 heavy (non-hydrogen) atoms. The van der Waals surface area contributed by atoms with Gasteiger partial charge in [-0.1, -0.05) is 0 Å². The molecule has 6 heteroatoms. The first-order valence-electron chi connectivity index (χ1n) is 5.67. The number of aryl methyl sites for hydroxylation is 1. The van der Waals surface area contributed by atoms with Gasteiger partial charge in [-0.25, -0.2) is 0 Å². The zero-order valence-electron chi connectivity index (χ0n) is 9.96. The molecule has 0 bridgehead atoms. The maximum Gasteiger partial charge on any atom is 0.435 e. The molecule has 1 aromatic rings. The number of hydrogen-bond donors (Lipinski definition) is 0. The number of aromatic nitrogens is 2. The molecule has 2 rings (SSSR count). The monoisotopic (exact) mass is 247 g/mol. The van der Waals surface area contributed by atoms with Crippen LogP contribution in [0.1, 0.15) is 30.1 Å². The van der Waals surface area contributed by atoms with Crippen molar-refractivity contribution in [3.05, 3.63) is 17.5 Å². The maximum absolute atomic E-state index is 12.5. The topological polar surface area (TPSA) is 21.1 Å². The Morgan fingerprint density at radius 3 is 2.59 bits per heavy atom. The molecule has 1 atom stereocenters. The van der Waals surface area contributed by atoms with E-state index in [0.29, 0.717) is 5.69 Å². The molecular formula is C11H16F3N3. The fourth-order valence-electron chi connectivity index (χ4n) is 2.41. The fourth-order valence-corrected chi connectivity index (χ4v) is 2.41. The number of alkyl halides is 3. The summed E-state index contributed by atoms with van der Waals surface area (Å²) in [6, 6.07) is 1.18. The molecule has 0 spiro atoms. The van der Waals surface area contributed by atoms with Gasteiger partial charge in [0.25, 0.3) is 0 Å². The van der Waals surface area contributed by atoms with E-state index in [-0.39, 0.29) is 5.92 Å². The Balaban J connectivity index is 2.23. The zero-order valence-corrected chi connectivity index (χ0v) is 9.96. The number of halogens is 3. The van der Waals surface area contributed by atoms with Crippen LogP contribution in [0, 0.1) is 0 Å². The summed E-state index contributed by atoms with van der Waals surface area (Å²) in [4.78, 5) is 2.15. The fraction of sp³-hybridized carbons (Fsp3) is 0.727. The van der Waals surface area contributed by atoms with Gasteiger partial charge in [-0.05, 0) is 32.5 Å². The Kier molecular flexibility index (Phi) is 3.16. The SMILES string of the molecule is CN1CCCC(c2cc(C(F)(F)F)nn2C)C1. The lowest BCUT2D eigenvalue weighted by molar-refractivity contribution is -0.141. The number of likely N-dealkylation sites (N-methyl/N-ethyl adjacent to an activating group) is 1. The van der Waals surface area contributed by atoms with Crippen LogP contribution in [-0.4, -0.2) is 34.8 Å². The van der Waals surface area contributed by atoms with Crippen LogP contribution in [0.4, 0.5) is 13.2 Å². The molecule has 3 nitrogen and oxygen atoms in total. The quantitative estimate of drug-likeness (QED) is 0.759. The van der Waals surface area contributed by atoms with Gasteiger partial charge in [0, 0.05) is 25.2 Å². The Bertz CT molecular complexity index is 397. The molecule has 1 fully saturated rings. The molecule has 0 amide bonds. The van der Waals surface area contributed by atoms with Gasteiger partial charge in [0.2, 0.25) is 0 Å². The molecule has 1 aliphatic rings. The van der Waals surface area contributed by atoms with Crippen molar-refractivity contribution in [2.75, 3.05) is 20.1 Å². The van der Waals surface area contributed by atoms with Crippen molar-refractivity contribution in [1.29, 1.82) is 0 Å². The molecule has 0 aliphatic carbocycles. The highest BCUT2D eigenvalue weighted by Crippen LogP contribution is 2.32. The molecule has 0 radical (unpaired) electrons. The van der Waals surface area contributed by atoms with Crippen molar-refractivity contribution in [2.45, 2.75) is 24.9 Å². The summed E-state index contributed by atoms with van der Waals surface area (Å²) in [5, 5.41) is 3.56. The number of rotatable bonds is 1. The smallest absolute Gasteiger partial charge is 0.306 e. The van der Waals surface area contributed by atoms with Crippen LogP contribution in [-0.2, 0) is 13.2 Å². The average Bonchev–Trinajstić information content (AvgIpc) is 2.60. The lowest BCUT2D eigenvalue weighted by Crippen LogP contribution is -2.31. The van der Waals surface area contributed by atoms with E-state index in [1.165, 1.54) is 10.7 Å². The third kappa shape index (κ3) is 2.62. The van der Waals surface area contributed by atoms with E-state index in [0.717, 1.165) is 25.9 Å². The van der Waals surface area contributed by atoms with Crippen LogP contribution in [0.2, 0.25) is 0 Å². The third-order valence-electron chi connectivity index (χ3n) is 3.25. The molecule has 0 aromatic carbocycles. The van der Waals surface area contributed by atoms with Crippen molar-refractivity contribution in [3.8, 4) is 0 Å². The Morgan fingerprint density at radius 2 is 2.06 bits per heavy atom. The molecule has 1 aromatic heterocycles. The first-order chi connectivity index (χ1) is 7.88. The van der Waals surface area contributed by atoms with Gasteiger partial charge in [-0.15, -0.1) is 0 Å². The minimum absolute atomic E-state index is 0.155. The van der Waals surface area contributed by atoms with Crippen LogP contribution in [0.25, 0.3) is 0 Å². The average molecular weight is 247 g/mol. The predicted octanol–water partition coefficient (Wildman–Crippen LogP) is 2.25. The van der Waals surface area contributed by atoms with Crippen molar-refractivity contribution in [3.63, 3.8) is 0 Å². The second-order valence-electron chi connectivity index (χ2n) is 4.68. The van der Waals surface area contributed by atoms with Crippen LogP contribution < -0.4 is 0 Å². The molecule has 1 saturated heterocycles. The van der Waals surface area contributed by atoms with Gasteiger partial charge in [0.05, 0.1) is 0 Å². The van der Waals surface area contributed by atoms with Gasteiger partial charge >= 0.3 is 6.18 Å². The summed E-state index contributed by atoms with van der Waals surface area (Å²) in [6.45, 7) is 1.82. The van der Waals surface area contributed by atoms with Gasteiger partial charge in [0.15, 0.2) is 5.69 Å². The Hall–Kier alpha value is -1.04. The zero-order chi connectivity index (χ0) is 12.6. The lowest BCUT2D eigenvalue weighted by Gasteiger charge is -2.29. The third-order valence-corrected chi connectivity index (χ3v) is 3.25. The van der Waals surface area contributed by atoms with E-state index in [1.54, 1.807) is 7.05 Å². The predicted molar refractivity (Wildman–Crippen MR) is 57.7 cm³/mol. The van der Waals surface area contributed by atoms with E-state index in [9.17, 15) is 13.2 Å². The van der Waals surface area contributed by atoms with Crippen molar-refractivity contribution < 1.29 is 13.2 Å². The summed E-state index contributed by atoms with van der Waals surface area (Å²) in [6.07, 6.45) is -2.40. The number of nitrogens with zero attached hydrogens (tertiary/aromatic N) is 3. The molecular weight excluding hydrogens is 231 g/mol. The molecule has 1 aliphatic heterocycles. The standard InChI is InChI=1S/C11H16F3N3/c1-16-5-3-4-8(7-16)9-6-10(11(12,13)14)15-17(9)2/h6,8H,3-5,7H2,1-2H3. The molecule has 96 valence electrons. The van der Waals surface area contributed by atoms with E-state index >= 15 is 0 Å². The normalized spacial score (nSPS) is 23.0. The highest BCUT2D eigenvalue weighted by Gasteiger charge is 2.35. The highest BCUT2D eigenvalue weighted by molar-refractivity contribution is 5.18. The van der Waals surface area contributed by atoms with Crippen molar-refractivity contribution in [1.82, 2.24) is 14.7 Å². The highest BCUT2D eigenvalue weighted by atomic mass is 19.4. The van der Waals surface area contributed by atoms with Crippen LogP contribution in [0.5, 0.6) is 0 Å². The van der Waals surface area contributed by atoms with Gasteiger partial charge in [-0.3, -0.25) is 4.68 Å². The van der Waals surface area contributed by atoms with Crippen LogP contribution in [0.15, 0.2) is 6.07 Å². The first kappa shape index (κ1) is 12.4. The number of piperidine rings is 1. The first-order valence-corrected chi connectivity index (χ1v) is 5.67. The van der Waals surface area contributed by atoms with Crippen molar-refractivity contribution >= 4 is 0 Å².